The number of aryl methyl sites for hydroxylation is 1. The van der Waals surface area contributed by atoms with Crippen LogP contribution in [0.2, 0.25) is 0 Å². The first-order chi connectivity index (χ1) is 6.86. The Morgan fingerprint density at radius 1 is 1.57 bits per heavy atom. The molecule has 0 spiro atoms. The Kier molecular flexibility index (Phi) is 5.15. The molecule has 4 heteroatoms. The Morgan fingerprint density at radius 2 is 2.43 bits per heavy atom. The van der Waals surface area contributed by atoms with Gasteiger partial charge in [-0.1, -0.05) is 19.1 Å². The zero-order valence-corrected chi connectivity index (χ0v) is 9.07. The number of ether oxygens (including phenoxy) is 1. The number of halogens is 1. The van der Waals surface area contributed by atoms with Crippen LogP contribution in [0.5, 0.6) is 5.75 Å². The molecule has 0 aliphatic carbocycles. The van der Waals surface area contributed by atoms with Crippen molar-refractivity contribution in [1.82, 2.24) is 9.78 Å². The third-order valence-corrected chi connectivity index (χ3v) is 1.84. The van der Waals surface area contributed by atoms with Crippen LogP contribution in [0.15, 0.2) is 24.5 Å². The molecule has 14 heavy (non-hydrogen) atoms. The van der Waals surface area contributed by atoms with Gasteiger partial charge in [0.15, 0.2) is 5.75 Å². The van der Waals surface area contributed by atoms with Crippen molar-refractivity contribution >= 4 is 11.6 Å². The summed E-state index contributed by atoms with van der Waals surface area (Å²) in [6.45, 7) is 3.59. The summed E-state index contributed by atoms with van der Waals surface area (Å²) in [6, 6.07) is 0. The van der Waals surface area contributed by atoms with Crippen LogP contribution in [0.3, 0.4) is 0 Å². The van der Waals surface area contributed by atoms with Gasteiger partial charge in [-0.25, -0.2) is 0 Å². The van der Waals surface area contributed by atoms with Gasteiger partial charge < -0.3 is 4.74 Å². The quantitative estimate of drug-likeness (QED) is 0.537. The average molecular weight is 215 g/mol. The smallest absolute Gasteiger partial charge is 0.157 e. The van der Waals surface area contributed by atoms with E-state index in [-0.39, 0.29) is 0 Å². The average Bonchev–Trinajstić information content (AvgIpc) is 2.61. The molecule has 0 aliphatic heterocycles. The normalized spacial score (nSPS) is 11.0. The fourth-order valence-corrected chi connectivity index (χ4v) is 1.17. The van der Waals surface area contributed by atoms with Crippen LogP contribution in [-0.4, -0.2) is 22.3 Å². The molecule has 0 aliphatic rings. The standard InChI is InChI=1S/C10H15ClN2O/c1-2-6-13-9-10(8-12-13)14-7-4-3-5-11/h3-4,8-9H,2,5-7H2,1H3/b4-3+. The lowest BCUT2D eigenvalue weighted by atomic mass is 10.5. The van der Waals surface area contributed by atoms with E-state index in [4.69, 9.17) is 16.3 Å². The third-order valence-electron chi connectivity index (χ3n) is 1.66. The molecule has 0 bridgehead atoms. The highest BCUT2D eigenvalue weighted by atomic mass is 35.5. The van der Waals surface area contributed by atoms with E-state index in [9.17, 15) is 0 Å². The highest BCUT2D eigenvalue weighted by Crippen LogP contribution is 2.08. The number of hydrogen-bond acceptors (Lipinski definition) is 2. The van der Waals surface area contributed by atoms with Gasteiger partial charge in [0.1, 0.15) is 6.61 Å². The van der Waals surface area contributed by atoms with Crippen molar-refractivity contribution in [2.75, 3.05) is 12.5 Å². The molecule has 1 aromatic rings. The minimum absolute atomic E-state index is 0.526. The van der Waals surface area contributed by atoms with Crippen molar-refractivity contribution in [1.29, 1.82) is 0 Å². The maximum absolute atomic E-state index is 5.47. The summed E-state index contributed by atoms with van der Waals surface area (Å²) in [5.74, 6) is 1.33. The van der Waals surface area contributed by atoms with Gasteiger partial charge in [-0.05, 0) is 6.42 Å². The van der Waals surface area contributed by atoms with Crippen molar-refractivity contribution in [3.63, 3.8) is 0 Å². The summed E-state index contributed by atoms with van der Waals surface area (Å²) < 4.78 is 7.28. The second-order valence-corrected chi connectivity index (χ2v) is 3.18. The molecule has 0 aromatic carbocycles. The minimum Gasteiger partial charge on any atom is -0.486 e. The molecular weight excluding hydrogens is 200 g/mol. The van der Waals surface area contributed by atoms with E-state index in [1.807, 2.05) is 23.0 Å². The van der Waals surface area contributed by atoms with Crippen LogP contribution in [0, 0.1) is 0 Å². The molecule has 0 amide bonds. The van der Waals surface area contributed by atoms with Gasteiger partial charge in [0.2, 0.25) is 0 Å². The Balaban J connectivity index is 2.32. The minimum atomic E-state index is 0.526. The lowest BCUT2D eigenvalue weighted by Crippen LogP contribution is -1.96. The summed E-state index contributed by atoms with van der Waals surface area (Å²) in [7, 11) is 0. The Bertz CT molecular complexity index is 283. The maximum atomic E-state index is 5.47. The van der Waals surface area contributed by atoms with Gasteiger partial charge in [-0.15, -0.1) is 11.6 Å². The van der Waals surface area contributed by atoms with Gasteiger partial charge in [0, 0.05) is 12.4 Å². The van der Waals surface area contributed by atoms with Crippen molar-refractivity contribution < 1.29 is 4.74 Å². The molecule has 0 saturated heterocycles. The molecule has 0 saturated carbocycles. The van der Waals surface area contributed by atoms with Gasteiger partial charge in [-0.2, -0.15) is 5.10 Å². The van der Waals surface area contributed by atoms with E-state index >= 15 is 0 Å². The lowest BCUT2D eigenvalue weighted by Gasteiger charge is -1.97. The molecule has 3 nitrogen and oxygen atoms in total. The van der Waals surface area contributed by atoms with Gasteiger partial charge in [0.25, 0.3) is 0 Å². The highest BCUT2D eigenvalue weighted by Gasteiger charge is 1.96. The largest absolute Gasteiger partial charge is 0.486 e. The monoisotopic (exact) mass is 214 g/mol. The Labute approximate surface area is 89.3 Å². The topological polar surface area (TPSA) is 27.1 Å². The fraction of sp³-hybridized carbons (Fsp3) is 0.500. The summed E-state index contributed by atoms with van der Waals surface area (Å²) in [5.41, 5.74) is 0. The summed E-state index contributed by atoms with van der Waals surface area (Å²) in [6.07, 6.45) is 8.46. The molecule has 0 fully saturated rings. The molecule has 1 aromatic heterocycles. The van der Waals surface area contributed by atoms with E-state index in [0.717, 1.165) is 18.7 Å². The van der Waals surface area contributed by atoms with E-state index in [1.165, 1.54) is 0 Å². The lowest BCUT2D eigenvalue weighted by molar-refractivity contribution is 0.362. The van der Waals surface area contributed by atoms with Crippen LogP contribution in [-0.2, 0) is 6.54 Å². The predicted molar refractivity (Wildman–Crippen MR) is 57.9 cm³/mol. The maximum Gasteiger partial charge on any atom is 0.157 e. The fourth-order valence-electron chi connectivity index (χ4n) is 1.05. The molecule has 1 rings (SSSR count). The summed E-state index contributed by atoms with van der Waals surface area (Å²) in [4.78, 5) is 0. The van der Waals surface area contributed by atoms with E-state index in [1.54, 1.807) is 6.20 Å². The van der Waals surface area contributed by atoms with Crippen LogP contribution in [0.25, 0.3) is 0 Å². The van der Waals surface area contributed by atoms with Gasteiger partial charge >= 0.3 is 0 Å². The first-order valence-electron chi connectivity index (χ1n) is 4.73. The number of allylic oxidation sites excluding steroid dienone is 1. The van der Waals surface area contributed by atoms with Crippen LogP contribution < -0.4 is 4.74 Å². The molecule has 0 radical (unpaired) electrons. The second kappa shape index (κ2) is 6.49. The van der Waals surface area contributed by atoms with E-state index in [0.29, 0.717) is 12.5 Å². The SMILES string of the molecule is CCCn1cc(OC/C=C/CCl)cn1. The first-order valence-corrected chi connectivity index (χ1v) is 5.26. The second-order valence-electron chi connectivity index (χ2n) is 2.88. The molecule has 0 N–H and O–H groups in total. The van der Waals surface area contributed by atoms with E-state index in [2.05, 4.69) is 12.0 Å². The van der Waals surface area contributed by atoms with Crippen molar-refractivity contribution in [2.24, 2.45) is 0 Å². The molecule has 0 unspecified atom stereocenters. The summed E-state index contributed by atoms with van der Waals surface area (Å²) >= 11 is 5.47. The van der Waals surface area contributed by atoms with Crippen LogP contribution in [0.1, 0.15) is 13.3 Å². The zero-order chi connectivity index (χ0) is 10.2. The number of hydrogen-bond donors (Lipinski definition) is 0. The van der Waals surface area contributed by atoms with Crippen molar-refractivity contribution in [3.05, 3.63) is 24.5 Å². The van der Waals surface area contributed by atoms with E-state index < -0.39 is 0 Å². The number of aromatic nitrogens is 2. The highest BCUT2D eigenvalue weighted by molar-refractivity contribution is 6.18. The Hall–Kier alpha value is -0.960. The van der Waals surface area contributed by atoms with Crippen molar-refractivity contribution in [3.8, 4) is 5.75 Å². The number of alkyl halides is 1. The molecule has 0 atom stereocenters. The molecular formula is C10H15ClN2O. The molecule has 78 valence electrons. The van der Waals surface area contributed by atoms with Gasteiger partial charge in [0.05, 0.1) is 12.4 Å². The van der Waals surface area contributed by atoms with Gasteiger partial charge in [-0.3, -0.25) is 4.68 Å². The number of rotatable bonds is 6. The molecule has 1 heterocycles. The van der Waals surface area contributed by atoms with Crippen LogP contribution >= 0.6 is 11.6 Å². The predicted octanol–water partition coefficient (Wildman–Crippen LogP) is 2.47. The van der Waals surface area contributed by atoms with Crippen molar-refractivity contribution in [2.45, 2.75) is 19.9 Å². The third kappa shape index (κ3) is 3.83. The summed E-state index contributed by atoms with van der Waals surface area (Å²) in [5, 5.41) is 4.15. The number of nitrogens with zero attached hydrogens (tertiary/aromatic N) is 2. The van der Waals surface area contributed by atoms with Crippen LogP contribution in [0.4, 0.5) is 0 Å². The zero-order valence-electron chi connectivity index (χ0n) is 8.32. The first kappa shape index (κ1) is 11.1. The Morgan fingerprint density at radius 3 is 3.14 bits per heavy atom.